The molecule has 1 unspecified atom stereocenters. The number of ether oxygens (including phenoxy) is 1. The van der Waals surface area contributed by atoms with Gasteiger partial charge in [0.15, 0.2) is 6.23 Å². The normalized spacial score (nSPS) is 20.5. The molecule has 4 heteroatoms. The van der Waals surface area contributed by atoms with E-state index in [1.165, 1.54) is 22.4 Å². The lowest BCUT2D eigenvalue weighted by Gasteiger charge is -2.41. The van der Waals surface area contributed by atoms with Crippen molar-refractivity contribution < 1.29 is 4.74 Å². The fraction of sp³-hybridized carbons (Fsp3) is 0.143. The van der Waals surface area contributed by atoms with Gasteiger partial charge in [0, 0.05) is 25.8 Å². The van der Waals surface area contributed by atoms with Gasteiger partial charge in [0.25, 0.3) is 0 Å². The van der Waals surface area contributed by atoms with Gasteiger partial charge >= 0.3 is 0 Å². The van der Waals surface area contributed by atoms with Gasteiger partial charge in [-0.25, -0.2) is 0 Å². The molecule has 0 saturated carbocycles. The maximum absolute atomic E-state index is 6.48. The Kier molecular flexibility index (Phi) is 3.64. The highest BCUT2D eigenvalue weighted by Gasteiger charge is 2.42. The van der Waals surface area contributed by atoms with Crippen LogP contribution in [0.2, 0.25) is 0 Å². The van der Waals surface area contributed by atoms with E-state index in [1.54, 1.807) is 0 Å². The lowest BCUT2D eigenvalue weighted by molar-refractivity contribution is 0.167. The lowest BCUT2D eigenvalue weighted by atomic mass is 9.99. The summed E-state index contributed by atoms with van der Waals surface area (Å²) in [5.74, 6) is 0.969. The number of fused-ring (bicyclic) bond motifs is 5. The summed E-state index contributed by atoms with van der Waals surface area (Å²) >= 11 is 7.19. The number of anilines is 1. The molecular weight excluding hydrogens is 442 g/mol. The van der Waals surface area contributed by atoms with Crippen molar-refractivity contribution in [2.24, 2.45) is 0 Å². The molecule has 3 aromatic carbocycles. The van der Waals surface area contributed by atoms with Crippen LogP contribution in [0, 0.1) is 0 Å². The average molecular weight is 457 g/mol. The number of rotatable bonds is 1. The number of nitrogens with zero attached hydrogens (tertiary/aromatic N) is 1. The van der Waals surface area contributed by atoms with Crippen molar-refractivity contribution >= 4 is 37.5 Å². The van der Waals surface area contributed by atoms with Crippen LogP contribution in [0.5, 0.6) is 5.75 Å². The predicted molar refractivity (Wildman–Crippen MR) is 107 cm³/mol. The fourth-order valence-corrected chi connectivity index (χ4v) is 4.65. The van der Waals surface area contributed by atoms with Crippen molar-refractivity contribution in [2.75, 3.05) is 4.90 Å². The Morgan fingerprint density at radius 3 is 2.48 bits per heavy atom. The molecule has 0 aromatic heterocycles. The van der Waals surface area contributed by atoms with Crippen LogP contribution in [0.25, 0.3) is 0 Å². The first kappa shape index (κ1) is 15.5. The van der Waals surface area contributed by atoms with Crippen LogP contribution in [-0.2, 0) is 6.42 Å². The highest BCUT2D eigenvalue weighted by atomic mass is 79.9. The molecule has 0 spiro atoms. The van der Waals surface area contributed by atoms with Crippen molar-refractivity contribution in [3.8, 4) is 5.75 Å². The first-order valence-corrected chi connectivity index (χ1v) is 9.87. The third kappa shape index (κ3) is 2.51. The van der Waals surface area contributed by atoms with Gasteiger partial charge in [-0.3, -0.25) is 0 Å². The van der Waals surface area contributed by atoms with Crippen molar-refractivity contribution in [3.63, 3.8) is 0 Å². The summed E-state index contributed by atoms with van der Waals surface area (Å²) in [6, 6.07) is 23.7. The van der Waals surface area contributed by atoms with Gasteiger partial charge in [0.05, 0.1) is 6.04 Å². The highest BCUT2D eigenvalue weighted by Crippen LogP contribution is 2.52. The zero-order valence-corrected chi connectivity index (χ0v) is 16.5. The van der Waals surface area contributed by atoms with Gasteiger partial charge in [0.1, 0.15) is 5.75 Å². The molecular formula is C21H15Br2NO. The minimum absolute atomic E-state index is 0.115. The molecule has 25 heavy (non-hydrogen) atoms. The van der Waals surface area contributed by atoms with E-state index in [0.29, 0.717) is 6.04 Å². The first-order chi connectivity index (χ1) is 12.2. The second-order valence-electron chi connectivity index (χ2n) is 6.46. The van der Waals surface area contributed by atoms with Crippen LogP contribution < -0.4 is 9.64 Å². The van der Waals surface area contributed by atoms with E-state index in [1.807, 2.05) is 6.07 Å². The van der Waals surface area contributed by atoms with E-state index in [4.69, 9.17) is 4.74 Å². The summed E-state index contributed by atoms with van der Waals surface area (Å²) in [7, 11) is 0. The van der Waals surface area contributed by atoms with Crippen LogP contribution in [0.1, 0.15) is 29.0 Å². The molecule has 5 rings (SSSR count). The van der Waals surface area contributed by atoms with Crippen molar-refractivity contribution in [3.05, 3.63) is 92.4 Å². The van der Waals surface area contributed by atoms with Gasteiger partial charge < -0.3 is 9.64 Å². The average Bonchev–Trinajstić information content (AvgIpc) is 3.00. The number of halogens is 2. The standard InChI is InChI=1S/C21H15Br2NO/c22-15-7-9-18-14(10-15)11-19-17-8-6-16(23)12-20(17)25-21(24(18)19)13-4-2-1-3-5-13/h1-10,12,19,21H,11H2/t19-,21?/m1/s1. The summed E-state index contributed by atoms with van der Waals surface area (Å²) in [5.41, 5.74) is 5.05. The molecule has 2 atom stereocenters. The largest absolute Gasteiger partial charge is 0.466 e. The Morgan fingerprint density at radius 2 is 1.64 bits per heavy atom. The molecule has 124 valence electrons. The Bertz CT molecular complexity index is 957. The van der Waals surface area contributed by atoms with E-state index in [-0.39, 0.29) is 6.23 Å². The molecule has 2 aliphatic heterocycles. The molecule has 0 N–H and O–H groups in total. The van der Waals surface area contributed by atoms with Gasteiger partial charge in [-0.05, 0) is 42.3 Å². The monoisotopic (exact) mass is 455 g/mol. The molecule has 3 aromatic rings. The van der Waals surface area contributed by atoms with Gasteiger partial charge in [-0.15, -0.1) is 0 Å². The van der Waals surface area contributed by atoms with Crippen LogP contribution >= 0.6 is 31.9 Å². The SMILES string of the molecule is Brc1ccc2c(c1)C[C@@H]1c3ccc(Br)cc3OC(c3ccccc3)N21. The zero-order chi connectivity index (χ0) is 17.0. The number of hydrogen-bond acceptors (Lipinski definition) is 2. The zero-order valence-electron chi connectivity index (χ0n) is 13.3. The van der Waals surface area contributed by atoms with Gasteiger partial charge in [-0.1, -0.05) is 68.3 Å². The van der Waals surface area contributed by atoms with Crippen LogP contribution in [0.3, 0.4) is 0 Å². The van der Waals surface area contributed by atoms with E-state index in [0.717, 1.165) is 21.1 Å². The van der Waals surface area contributed by atoms with E-state index >= 15 is 0 Å². The number of benzene rings is 3. The Labute approximate surface area is 163 Å². The molecule has 0 aliphatic carbocycles. The molecule has 0 radical (unpaired) electrons. The predicted octanol–water partition coefficient (Wildman–Crippen LogP) is 6.41. The maximum atomic E-state index is 6.48. The van der Waals surface area contributed by atoms with Crippen LogP contribution in [0.4, 0.5) is 5.69 Å². The Hall–Kier alpha value is -1.78. The minimum Gasteiger partial charge on any atom is -0.466 e. The highest BCUT2D eigenvalue weighted by molar-refractivity contribution is 9.10. The van der Waals surface area contributed by atoms with E-state index < -0.39 is 0 Å². The third-order valence-electron chi connectivity index (χ3n) is 4.98. The summed E-state index contributed by atoms with van der Waals surface area (Å²) in [6.07, 6.45) is 0.881. The van der Waals surface area contributed by atoms with Crippen molar-refractivity contribution in [1.82, 2.24) is 0 Å². The molecule has 2 aliphatic rings. The number of hydrogen-bond donors (Lipinski definition) is 0. The van der Waals surface area contributed by atoms with Crippen LogP contribution in [-0.4, -0.2) is 0 Å². The quantitative estimate of drug-likeness (QED) is 0.419. The fourth-order valence-electron chi connectivity index (χ4n) is 3.90. The molecule has 0 saturated heterocycles. The summed E-state index contributed by atoms with van der Waals surface area (Å²) in [5, 5.41) is 0. The Balaban J connectivity index is 1.70. The molecule has 2 heterocycles. The first-order valence-electron chi connectivity index (χ1n) is 8.28. The lowest BCUT2D eigenvalue weighted by Crippen LogP contribution is -2.37. The second kappa shape index (κ2) is 5.89. The van der Waals surface area contributed by atoms with Gasteiger partial charge in [0.2, 0.25) is 0 Å². The van der Waals surface area contributed by atoms with Crippen LogP contribution in [0.15, 0.2) is 75.7 Å². The minimum atomic E-state index is -0.115. The smallest absolute Gasteiger partial charge is 0.199 e. The topological polar surface area (TPSA) is 12.5 Å². The van der Waals surface area contributed by atoms with Gasteiger partial charge in [-0.2, -0.15) is 0 Å². The van der Waals surface area contributed by atoms with E-state index in [9.17, 15) is 0 Å². The van der Waals surface area contributed by atoms with Crippen molar-refractivity contribution in [2.45, 2.75) is 18.7 Å². The summed E-state index contributed by atoms with van der Waals surface area (Å²) in [6.45, 7) is 0. The third-order valence-corrected chi connectivity index (χ3v) is 5.97. The van der Waals surface area contributed by atoms with Crippen molar-refractivity contribution in [1.29, 1.82) is 0 Å². The van der Waals surface area contributed by atoms with E-state index in [2.05, 4.69) is 97.4 Å². The molecule has 0 bridgehead atoms. The molecule has 0 amide bonds. The maximum Gasteiger partial charge on any atom is 0.199 e. The molecule has 0 fully saturated rings. The second-order valence-corrected chi connectivity index (χ2v) is 8.29. The molecule has 2 nitrogen and oxygen atoms in total. The Morgan fingerprint density at radius 1 is 0.880 bits per heavy atom. The summed E-state index contributed by atoms with van der Waals surface area (Å²) < 4.78 is 8.65. The summed E-state index contributed by atoms with van der Waals surface area (Å²) in [4.78, 5) is 2.42.